The Hall–Kier alpha value is -1.03. The third-order valence-corrected chi connectivity index (χ3v) is 5.23. The van der Waals surface area contributed by atoms with Crippen molar-refractivity contribution in [3.8, 4) is 5.75 Å². The molecule has 1 aromatic carbocycles. The Morgan fingerprint density at radius 3 is 2.48 bits per heavy atom. The van der Waals surface area contributed by atoms with E-state index >= 15 is 0 Å². The van der Waals surface area contributed by atoms with Crippen molar-refractivity contribution in [2.75, 3.05) is 39.3 Å². The number of hydrogen-bond acceptors (Lipinski definition) is 4. The monoisotopic (exact) mass is 511 g/mol. The second-order valence-electron chi connectivity index (χ2n) is 7.45. The molecule has 1 rings (SSSR count). The second kappa shape index (κ2) is 11.7. The lowest BCUT2D eigenvalue weighted by Gasteiger charge is -2.25. The van der Waals surface area contributed by atoms with Gasteiger partial charge in [0, 0.05) is 26.4 Å². The summed E-state index contributed by atoms with van der Waals surface area (Å²) in [6, 6.07) is 6.22. The van der Waals surface area contributed by atoms with E-state index in [0.717, 1.165) is 30.2 Å². The molecule has 6 nitrogen and oxygen atoms in total. The molecule has 0 bridgehead atoms. The van der Waals surface area contributed by atoms with Gasteiger partial charge < -0.3 is 15.4 Å². The van der Waals surface area contributed by atoms with Crippen molar-refractivity contribution in [1.29, 1.82) is 0 Å². The third kappa shape index (κ3) is 10.8. The molecule has 2 N–H and O–H groups in total. The van der Waals surface area contributed by atoms with Gasteiger partial charge in [-0.2, -0.15) is 0 Å². The van der Waals surface area contributed by atoms with Crippen LogP contribution in [0, 0.1) is 12.3 Å². The number of aryl methyl sites for hydroxylation is 1. The molecule has 0 heterocycles. The van der Waals surface area contributed by atoms with Crippen LogP contribution in [-0.4, -0.2) is 53.6 Å². The molecule has 0 radical (unpaired) electrons. The molecule has 27 heavy (non-hydrogen) atoms. The van der Waals surface area contributed by atoms with Gasteiger partial charge >= 0.3 is 0 Å². The average molecular weight is 511 g/mol. The Morgan fingerprint density at radius 2 is 1.93 bits per heavy atom. The predicted octanol–water partition coefficient (Wildman–Crippen LogP) is 2.79. The van der Waals surface area contributed by atoms with Gasteiger partial charge in [-0.3, -0.25) is 4.99 Å². The number of benzene rings is 1. The lowest BCUT2D eigenvalue weighted by molar-refractivity contribution is 0.348. The van der Waals surface area contributed by atoms with Gasteiger partial charge in [0.25, 0.3) is 0 Å². The SMILES string of the molecule is CN=C(NCCc1ccc(C)c(OC)c1)NCC(C)(C)CCS(C)(=O)=O.I. The van der Waals surface area contributed by atoms with Crippen LogP contribution >= 0.6 is 24.0 Å². The van der Waals surface area contributed by atoms with E-state index in [1.807, 2.05) is 6.92 Å². The maximum atomic E-state index is 11.3. The fourth-order valence-corrected chi connectivity index (χ4v) is 3.36. The zero-order valence-corrected chi connectivity index (χ0v) is 20.4. The van der Waals surface area contributed by atoms with Gasteiger partial charge in [0.1, 0.15) is 15.6 Å². The quantitative estimate of drug-likeness (QED) is 0.303. The fourth-order valence-electron chi connectivity index (χ4n) is 2.44. The van der Waals surface area contributed by atoms with Crippen LogP contribution in [0.15, 0.2) is 23.2 Å². The van der Waals surface area contributed by atoms with Gasteiger partial charge in [-0.1, -0.05) is 26.0 Å². The van der Waals surface area contributed by atoms with E-state index in [0.29, 0.717) is 13.0 Å². The summed E-state index contributed by atoms with van der Waals surface area (Å²) in [5.41, 5.74) is 2.19. The summed E-state index contributed by atoms with van der Waals surface area (Å²) in [6.45, 7) is 7.53. The maximum Gasteiger partial charge on any atom is 0.191 e. The molecule has 0 spiro atoms. The number of nitrogens with zero attached hydrogens (tertiary/aromatic N) is 1. The minimum atomic E-state index is -2.94. The third-order valence-electron chi connectivity index (χ3n) is 4.29. The topological polar surface area (TPSA) is 79.8 Å². The lowest BCUT2D eigenvalue weighted by Crippen LogP contribution is -2.43. The van der Waals surface area contributed by atoms with Crippen molar-refractivity contribution in [1.82, 2.24) is 10.6 Å². The van der Waals surface area contributed by atoms with E-state index in [9.17, 15) is 8.42 Å². The smallest absolute Gasteiger partial charge is 0.191 e. The lowest BCUT2D eigenvalue weighted by atomic mass is 9.90. The number of nitrogens with one attached hydrogen (secondary N) is 2. The van der Waals surface area contributed by atoms with Crippen molar-refractivity contribution in [2.45, 2.75) is 33.6 Å². The molecular weight excluding hydrogens is 477 g/mol. The molecule has 0 aliphatic rings. The first-order chi connectivity index (χ1) is 12.1. The Kier molecular flexibility index (Phi) is 11.3. The Morgan fingerprint density at radius 1 is 1.26 bits per heavy atom. The van der Waals surface area contributed by atoms with Crippen molar-refractivity contribution < 1.29 is 13.2 Å². The van der Waals surface area contributed by atoms with Gasteiger partial charge in [-0.15, -0.1) is 24.0 Å². The molecule has 0 atom stereocenters. The molecule has 0 amide bonds. The Labute approximate surface area is 181 Å². The Balaban J connectivity index is 0.00000676. The number of rotatable bonds is 9. The summed E-state index contributed by atoms with van der Waals surface area (Å²) in [6.07, 6.45) is 2.74. The number of sulfone groups is 1. The number of guanidine groups is 1. The van der Waals surface area contributed by atoms with E-state index in [2.05, 4.69) is 47.7 Å². The van der Waals surface area contributed by atoms with E-state index in [1.54, 1.807) is 14.2 Å². The summed E-state index contributed by atoms with van der Waals surface area (Å²) in [4.78, 5) is 4.23. The van der Waals surface area contributed by atoms with Crippen LogP contribution in [0.5, 0.6) is 5.75 Å². The number of methoxy groups -OCH3 is 1. The first-order valence-corrected chi connectivity index (χ1v) is 10.9. The molecule has 1 aromatic rings. The molecule has 0 aliphatic carbocycles. The number of hydrogen-bond donors (Lipinski definition) is 2. The van der Waals surface area contributed by atoms with E-state index in [-0.39, 0.29) is 35.1 Å². The highest BCUT2D eigenvalue weighted by Gasteiger charge is 2.20. The first-order valence-electron chi connectivity index (χ1n) is 8.82. The van der Waals surface area contributed by atoms with Gasteiger partial charge in [0.05, 0.1) is 12.9 Å². The normalized spacial score (nSPS) is 12.3. The van der Waals surface area contributed by atoms with Crippen LogP contribution in [0.2, 0.25) is 0 Å². The standard InChI is InChI=1S/C19H33N3O3S.HI/c1-15-7-8-16(13-17(15)25-5)9-11-21-18(20-4)22-14-19(2,3)10-12-26(6,23)24;/h7-8,13H,9-12,14H2,1-6H3,(H2,20,21,22);1H. The molecule has 0 aliphatic heterocycles. The zero-order chi connectivity index (χ0) is 19.8. The van der Waals surface area contributed by atoms with Gasteiger partial charge in [-0.25, -0.2) is 8.42 Å². The number of aliphatic imine (C=N–C) groups is 1. The predicted molar refractivity (Wildman–Crippen MR) is 124 cm³/mol. The fraction of sp³-hybridized carbons (Fsp3) is 0.632. The van der Waals surface area contributed by atoms with Crippen LogP contribution in [0.3, 0.4) is 0 Å². The minimum Gasteiger partial charge on any atom is -0.496 e. The zero-order valence-electron chi connectivity index (χ0n) is 17.3. The molecule has 0 fully saturated rings. The van der Waals surface area contributed by atoms with Crippen LogP contribution in [0.4, 0.5) is 0 Å². The van der Waals surface area contributed by atoms with Crippen LogP contribution < -0.4 is 15.4 Å². The van der Waals surface area contributed by atoms with Crippen molar-refractivity contribution in [2.24, 2.45) is 10.4 Å². The second-order valence-corrected chi connectivity index (χ2v) is 9.71. The molecule has 8 heteroatoms. The van der Waals surface area contributed by atoms with Crippen molar-refractivity contribution >= 4 is 39.8 Å². The van der Waals surface area contributed by atoms with E-state index < -0.39 is 9.84 Å². The first kappa shape index (κ1) is 26.0. The van der Waals surface area contributed by atoms with E-state index in [1.165, 1.54) is 11.8 Å². The largest absolute Gasteiger partial charge is 0.496 e. The molecule has 156 valence electrons. The van der Waals surface area contributed by atoms with Crippen molar-refractivity contribution in [3.63, 3.8) is 0 Å². The molecule has 0 saturated heterocycles. The van der Waals surface area contributed by atoms with E-state index in [4.69, 9.17) is 4.74 Å². The minimum absolute atomic E-state index is 0. The number of ether oxygens (including phenoxy) is 1. The summed E-state index contributed by atoms with van der Waals surface area (Å²) >= 11 is 0. The molecular formula is C19H34IN3O3S. The highest BCUT2D eigenvalue weighted by molar-refractivity contribution is 14.0. The molecule has 0 unspecified atom stereocenters. The summed E-state index contributed by atoms with van der Waals surface area (Å²) in [5, 5.41) is 6.58. The van der Waals surface area contributed by atoms with Gasteiger partial charge in [0.2, 0.25) is 0 Å². The molecule has 0 saturated carbocycles. The highest BCUT2D eigenvalue weighted by Crippen LogP contribution is 2.20. The Bertz CT molecular complexity index is 719. The summed E-state index contributed by atoms with van der Waals surface area (Å²) in [7, 11) is 0.473. The average Bonchev–Trinajstić information content (AvgIpc) is 2.57. The molecule has 0 aromatic heterocycles. The highest BCUT2D eigenvalue weighted by atomic mass is 127. The van der Waals surface area contributed by atoms with Crippen LogP contribution in [0.1, 0.15) is 31.4 Å². The van der Waals surface area contributed by atoms with Crippen LogP contribution in [-0.2, 0) is 16.3 Å². The van der Waals surface area contributed by atoms with Crippen LogP contribution in [0.25, 0.3) is 0 Å². The summed E-state index contributed by atoms with van der Waals surface area (Å²) < 4.78 is 28.1. The summed E-state index contributed by atoms with van der Waals surface area (Å²) in [5.74, 6) is 1.82. The van der Waals surface area contributed by atoms with Gasteiger partial charge in [-0.05, 0) is 42.4 Å². The number of halogens is 1. The van der Waals surface area contributed by atoms with Crippen molar-refractivity contribution in [3.05, 3.63) is 29.3 Å². The maximum absolute atomic E-state index is 11.3. The van der Waals surface area contributed by atoms with Gasteiger partial charge in [0.15, 0.2) is 5.96 Å².